The predicted molar refractivity (Wildman–Crippen MR) is 141 cm³/mol. The molecule has 4 aliphatic rings. The first-order chi connectivity index (χ1) is 17.3. The first-order valence-corrected chi connectivity index (χ1v) is 12.6. The first kappa shape index (κ1) is 18.2. The standard InChI is InChI=1S/C33H22N2/c1-3-7-26-19(5-1)11-23-16-28-24(15-27(23)26)13-22-14-25-17-30-33-21(9-10-34-30)12-20-6-2-4-8-31(20)35(33)32(25)18-29(22)28/h1-10,14-16,18H,11-13,17H2. The van der Waals surface area contributed by atoms with Gasteiger partial charge in [0.05, 0.1) is 17.1 Å². The molecule has 2 aliphatic carbocycles. The monoisotopic (exact) mass is 446 g/mol. The van der Waals surface area contributed by atoms with Crippen molar-refractivity contribution in [2.75, 3.05) is 4.90 Å². The lowest BCUT2D eigenvalue weighted by Crippen LogP contribution is -2.25. The highest BCUT2D eigenvalue weighted by atomic mass is 15.2. The third-order valence-electron chi connectivity index (χ3n) is 8.51. The molecule has 0 spiro atoms. The van der Waals surface area contributed by atoms with Gasteiger partial charge in [-0.05, 0) is 104 Å². The number of fused-ring (bicyclic) bond motifs is 10. The van der Waals surface area contributed by atoms with E-state index in [1.54, 1.807) is 0 Å². The Hall–Kier alpha value is -4.17. The Balaban J connectivity index is 1.25. The van der Waals surface area contributed by atoms with Gasteiger partial charge in [-0.3, -0.25) is 4.98 Å². The summed E-state index contributed by atoms with van der Waals surface area (Å²) in [5, 5.41) is 0. The van der Waals surface area contributed by atoms with E-state index in [2.05, 4.69) is 83.8 Å². The number of rotatable bonds is 0. The van der Waals surface area contributed by atoms with E-state index in [1.807, 2.05) is 6.20 Å². The molecule has 0 amide bonds. The maximum Gasteiger partial charge on any atom is 0.0716 e. The average molecular weight is 447 g/mol. The summed E-state index contributed by atoms with van der Waals surface area (Å²) in [6.45, 7) is 0. The highest BCUT2D eigenvalue weighted by Crippen LogP contribution is 2.53. The molecule has 0 saturated carbocycles. The molecule has 2 aliphatic heterocycles. The van der Waals surface area contributed by atoms with E-state index in [-0.39, 0.29) is 0 Å². The smallest absolute Gasteiger partial charge is 0.0716 e. The Morgan fingerprint density at radius 2 is 1.17 bits per heavy atom. The maximum atomic E-state index is 4.84. The van der Waals surface area contributed by atoms with Crippen LogP contribution in [-0.2, 0) is 25.7 Å². The lowest BCUT2D eigenvalue weighted by Gasteiger charge is -2.39. The molecular weight excluding hydrogens is 424 g/mol. The van der Waals surface area contributed by atoms with Crippen LogP contribution < -0.4 is 4.90 Å². The number of benzene rings is 4. The SMILES string of the molecule is c1ccc2c(c1)Cc1cc3c(cc1-2)Cc1cc2c(cc1-3)N1c3ccccc3Cc3ccnc(c31)C2. The Labute approximate surface area is 204 Å². The molecule has 0 bridgehead atoms. The zero-order valence-corrected chi connectivity index (χ0v) is 19.3. The summed E-state index contributed by atoms with van der Waals surface area (Å²) in [4.78, 5) is 7.34. The van der Waals surface area contributed by atoms with Crippen molar-refractivity contribution in [1.82, 2.24) is 4.98 Å². The summed E-state index contributed by atoms with van der Waals surface area (Å²) in [5.74, 6) is 0. The molecule has 2 heteroatoms. The van der Waals surface area contributed by atoms with Crippen LogP contribution >= 0.6 is 0 Å². The van der Waals surface area contributed by atoms with Gasteiger partial charge in [0.1, 0.15) is 0 Å². The Bertz CT molecular complexity index is 1760. The molecule has 3 heterocycles. The van der Waals surface area contributed by atoms with Gasteiger partial charge >= 0.3 is 0 Å². The average Bonchev–Trinajstić information content (AvgIpc) is 3.42. The van der Waals surface area contributed by atoms with Gasteiger partial charge in [-0.1, -0.05) is 48.5 Å². The van der Waals surface area contributed by atoms with E-state index >= 15 is 0 Å². The Kier molecular flexibility index (Phi) is 3.27. The van der Waals surface area contributed by atoms with Crippen LogP contribution in [0.15, 0.2) is 85.1 Å². The molecular formula is C33H22N2. The van der Waals surface area contributed by atoms with Crippen LogP contribution in [0.3, 0.4) is 0 Å². The molecule has 9 rings (SSSR count). The van der Waals surface area contributed by atoms with Crippen LogP contribution in [0.5, 0.6) is 0 Å². The number of anilines is 3. The molecule has 0 unspecified atom stereocenters. The van der Waals surface area contributed by atoms with Crippen molar-refractivity contribution in [3.05, 3.63) is 130 Å². The van der Waals surface area contributed by atoms with Gasteiger partial charge in [0, 0.05) is 24.7 Å². The molecule has 0 atom stereocenters. The number of hydrogen-bond acceptors (Lipinski definition) is 2. The minimum Gasteiger partial charge on any atom is -0.308 e. The molecule has 2 nitrogen and oxygen atoms in total. The van der Waals surface area contributed by atoms with Crippen LogP contribution in [-0.4, -0.2) is 4.98 Å². The van der Waals surface area contributed by atoms with E-state index in [0.717, 1.165) is 25.7 Å². The first-order valence-electron chi connectivity index (χ1n) is 12.6. The third-order valence-corrected chi connectivity index (χ3v) is 8.51. The normalized spacial score (nSPS) is 14.9. The number of aromatic nitrogens is 1. The highest BCUT2D eigenvalue weighted by Gasteiger charge is 2.34. The van der Waals surface area contributed by atoms with Crippen LogP contribution in [0.25, 0.3) is 22.3 Å². The van der Waals surface area contributed by atoms with Crippen molar-refractivity contribution in [2.45, 2.75) is 25.7 Å². The molecule has 4 aromatic carbocycles. The van der Waals surface area contributed by atoms with E-state index in [4.69, 9.17) is 4.98 Å². The summed E-state index contributed by atoms with van der Waals surface area (Å²) in [5.41, 5.74) is 20.8. The fourth-order valence-corrected chi connectivity index (χ4v) is 6.98. The van der Waals surface area contributed by atoms with E-state index in [1.165, 1.54) is 84.0 Å². The maximum absolute atomic E-state index is 4.84. The highest BCUT2D eigenvalue weighted by molar-refractivity contribution is 5.93. The predicted octanol–water partition coefficient (Wildman–Crippen LogP) is 7.50. The molecule has 164 valence electrons. The zero-order chi connectivity index (χ0) is 22.7. The molecule has 0 saturated heterocycles. The van der Waals surface area contributed by atoms with Crippen LogP contribution in [0.1, 0.15) is 44.6 Å². The third kappa shape index (κ3) is 2.32. The summed E-state index contributed by atoms with van der Waals surface area (Å²) < 4.78 is 0. The molecule has 5 aromatic rings. The summed E-state index contributed by atoms with van der Waals surface area (Å²) >= 11 is 0. The van der Waals surface area contributed by atoms with Gasteiger partial charge in [0.2, 0.25) is 0 Å². The van der Waals surface area contributed by atoms with Crippen molar-refractivity contribution in [1.29, 1.82) is 0 Å². The number of nitrogens with zero attached hydrogens (tertiary/aromatic N) is 2. The summed E-state index contributed by atoms with van der Waals surface area (Å²) in [6, 6.07) is 29.9. The lowest BCUT2D eigenvalue weighted by molar-refractivity contribution is 0.958. The van der Waals surface area contributed by atoms with Gasteiger partial charge < -0.3 is 4.90 Å². The van der Waals surface area contributed by atoms with Gasteiger partial charge in [0.15, 0.2) is 0 Å². The fourth-order valence-electron chi connectivity index (χ4n) is 6.98. The summed E-state index contributed by atoms with van der Waals surface area (Å²) in [7, 11) is 0. The summed E-state index contributed by atoms with van der Waals surface area (Å²) in [6.07, 6.45) is 5.94. The Morgan fingerprint density at radius 1 is 0.486 bits per heavy atom. The van der Waals surface area contributed by atoms with Gasteiger partial charge in [0.25, 0.3) is 0 Å². The minimum absolute atomic E-state index is 0.907. The van der Waals surface area contributed by atoms with Crippen LogP contribution in [0.2, 0.25) is 0 Å². The number of hydrogen-bond donors (Lipinski definition) is 0. The minimum atomic E-state index is 0.907. The zero-order valence-electron chi connectivity index (χ0n) is 19.3. The van der Waals surface area contributed by atoms with Crippen molar-refractivity contribution in [3.63, 3.8) is 0 Å². The van der Waals surface area contributed by atoms with Crippen molar-refractivity contribution in [3.8, 4) is 22.3 Å². The van der Waals surface area contributed by atoms with Crippen molar-refractivity contribution < 1.29 is 0 Å². The lowest BCUT2D eigenvalue weighted by atomic mass is 9.87. The van der Waals surface area contributed by atoms with Crippen LogP contribution in [0.4, 0.5) is 17.1 Å². The molecule has 35 heavy (non-hydrogen) atoms. The second kappa shape index (κ2) is 6.28. The second-order valence-corrected chi connectivity index (χ2v) is 10.4. The number of para-hydroxylation sites is 1. The van der Waals surface area contributed by atoms with Crippen molar-refractivity contribution >= 4 is 17.1 Å². The van der Waals surface area contributed by atoms with Crippen LogP contribution in [0, 0.1) is 0 Å². The second-order valence-electron chi connectivity index (χ2n) is 10.4. The molecule has 0 radical (unpaired) electrons. The van der Waals surface area contributed by atoms with Crippen molar-refractivity contribution in [2.24, 2.45) is 0 Å². The van der Waals surface area contributed by atoms with E-state index < -0.39 is 0 Å². The number of pyridine rings is 1. The Morgan fingerprint density at radius 3 is 2.09 bits per heavy atom. The van der Waals surface area contributed by atoms with Gasteiger partial charge in [-0.25, -0.2) is 0 Å². The fraction of sp³-hybridized carbons (Fsp3) is 0.121. The van der Waals surface area contributed by atoms with Gasteiger partial charge in [-0.15, -0.1) is 0 Å². The molecule has 0 N–H and O–H groups in total. The van der Waals surface area contributed by atoms with E-state index in [9.17, 15) is 0 Å². The molecule has 0 fully saturated rings. The van der Waals surface area contributed by atoms with Gasteiger partial charge in [-0.2, -0.15) is 0 Å². The largest absolute Gasteiger partial charge is 0.308 e. The quantitative estimate of drug-likeness (QED) is 0.240. The topological polar surface area (TPSA) is 16.1 Å². The molecule has 1 aromatic heterocycles. The van der Waals surface area contributed by atoms with E-state index in [0.29, 0.717) is 0 Å².